The molecule has 1 heterocycles. The fraction of sp³-hybridized carbons (Fsp3) is 0.316. The number of amides is 1. The zero-order valence-electron chi connectivity index (χ0n) is 14.2. The standard InChI is InChI=1S/C19H20ClNO3S/c1-23-16-5-3-12(9-17(16)24-2)10-19(22)21-15-7-8-25-18-6-4-13(20)11-14(15)18/h3-6,9,11,15H,7-8,10H2,1-2H3,(H,21,22)/t15-/m0/s1. The lowest BCUT2D eigenvalue weighted by atomic mass is 10.0. The van der Waals surface area contributed by atoms with Crippen LogP contribution in [0.4, 0.5) is 0 Å². The quantitative estimate of drug-likeness (QED) is 0.846. The van der Waals surface area contributed by atoms with E-state index in [2.05, 4.69) is 5.32 Å². The number of carbonyl (C=O) groups excluding carboxylic acids is 1. The maximum Gasteiger partial charge on any atom is 0.224 e. The number of fused-ring (bicyclic) bond motifs is 1. The summed E-state index contributed by atoms with van der Waals surface area (Å²) in [7, 11) is 3.18. The molecule has 0 bridgehead atoms. The van der Waals surface area contributed by atoms with E-state index in [0.29, 0.717) is 22.9 Å². The Labute approximate surface area is 156 Å². The molecule has 1 aliphatic heterocycles. The summed E-state index contributed by atoms with van der Waals surface area (Å²) in [5, 5.41) is 3.83. The van der Waals surface area contributed by atoms with E-state index < -0.39 is 0 Å². The lowest BCUT2D eigenvalue weighted by Crippen LogP contribution is -2.31. The third kappa shape index (κ3) is 4.22. The highest BCUT2D eigenvalue weighted by atomic mass is 35.5. The molecule has 2 aromatic carbocycles. The van der Waals surface area contributed by atoms with Crippen LogP contribution in [0.3, 0.4) is 0 Å². The van der Waals surface area contributed by atoms with Crippen LogP contribution in [0.25, 0.3) is 0 Å². The van der Waals surface area contributed by atoms with Crippen molar-refractivity contribution < 1.29 is 14.3 Å². The van der Waals surface area contributed by atoms with Gasteiger partial charge in [-0.2, -0.15) is 0 Å². The third-order valence-electron chi connectivity index (χ3n) is 4.16. The number of carbonyl (C=O) groups is 1. The summed E-state index contributed by atoms with van der Waals surface area (Å²) in [5.74, 6) is 2.24. The first kappa shape index (κ1) is 18.0. The monoisotopic (exact) mass is 377 g/mol. The Hall–Kier alpha value is -1.85. The van der Waals surface area contributed by atoms with E-state index in [1.165, 1.54) is 4.90 Å². The maximum absolute atomic E-state index is 12.5. The van der Waals surface area contributed by atoms with Crippen LogP contribution in [-0.2, 0) is 11.2 Å². The minimum atomic E-state index is -0.0185. The fourth-order valence-corrected chi connectivity index (χ4v) is 4.22. The van der Waals surface area contributed by atoms with Gasteiger partial charge in [0, 0.05) is 15.7 Å². The Balaban J connectivity index is 1.71. The van der Waals surface area contributed by atoms with Crippen molar-refractivity contribution in [1.29, 1.82) is 0 Å². The molecule has 1 atom stereocenters. The molecule has 1 amide bonds. The van der Waals surface area contributed by atoms with E-state index >= 15 is 0 Å². The topological polar surface area (TPSA) is 47.6 Å². The second-order valence-corrected chi connectivity index (χ2v) is 7.38. The molecular formula is C19H20ClNO3S. The van der Waals surface area contributed by atoms with E-state index in [9.17, 15) is 4.79 Å². The molecular weight excluding hydrogens is 358 g/mol. The normalized spacial score (nSPS) is 16.0. The molecule has 3 rings (SSSR count). The second kappa shape index (κ2) is 8.02. The Morgan fingerprint density at radius 1 is 1.20 bits per heavy atom. The number of thioether (sulfide) groups is 1. The molecule has 0 unspecified atom stereocenters. The molecule has 0 aliphatic carbocycles. The van der Waals surface area contributed by atoms with Gasteiger partial charge < -0.3 is 14.8 Å². The van der Waals surface area contributed by atoms with Crippen molar-refractivity contribution in [3.63, 3.8) is 0 Å². The van der Waals surface area contributed by atoms with Crippen molar-refractivity contribution in [2.24, 2.45) is 0 Å². The molecule has 6 heteroatoms. The first-order valence-electron chi connectivity index (χ1n) is 8.03. The molecule has 0 fully saturated rings. The molecule has 0 spiro atoms. The Morgan fingerprint density at radius 2 is 2.00 bits per heavy atom. The molecule has 1 N–H and O–H groups in total. The summed E-state index contributed by atoms with van der Waals surface area (Å²) in [6.07, 6.45) is 1.19. The van der Waals surface area contributed by atoms with E-state index in [1.54, 1.807) is 26.0 Å². The molecule has 0 saturated carbocycles. The van der Waals surface area contributed by atoms with Crippen molar-refractivity contribution in [2.45, 2.75) is 23.8 Å². The Bertz CT molecular complexity index is 781. The van der Waals surface area contributed by atoms with Crippen molar-refractivity contribution in [1.82, 2.24) is 5.32 Å². The van der Waals surface area contributed by atoms with Gasteiger partial charge in [-0.3, -0.25) is 4.79 Å². The van der Waals surface area contributed by atoms with Gasteiger partial charge in [-0.15, -0.1) is 11.8 Å². The van der Waals surface area contributed by atoms with E-state index in [0.717, 1.165) is 23.3 Å². The summed E-state index contributed by atoms with van der Waals surface area (Å²) in [6.45, 7) is 0. The Morgan fingerprint density at radius 3 is 2.76 bits per heavy atom. The van der Waals surface area contributed by atoms with Crippen LogP contribution < -0.4 is 14.8 Å². The lowest BCUT2D eigenvalue weighted by Gasteiger charge is -2.26. The largest absolute Gasteiger partial charge is 0.493 e. The van der Waals surface area contributed by atoms with Gasteiger partial charge in [0.1, 0.15) is 0 Å². The van der Waals surface area contributed by atoms with E-state index in [-0.39, 0.29) is 11.9 Å². The zero-order chi connectivity index (χ0) is 17.8. The van der Waals surface area contributed by atoms with Gasteiger partial charge in [0.15, 0.2) is 11.5 Å². The van der Waals surface area contributed by atoms with Gasteiger partial charge >= 0.3 is 0 Å². The van der Waals surface area contributed by atoms with Gasteiger partial charge in [-0.25, -0.2) is 0 Å². The first-order chi connectivity index (χ1) is 12.1. The zero-order valence-corrected chi connectivity index (χ0v) is 15.7. The number of rotatable bonds is 5. The van der Waals surface area contributed by atoms with Crippen LogP contribution in [0.1, 0.15) is 23.6 Å². The van der Waals surface area contributed by atoms with Gasteiger partial charge in [-0.1, -0.05) is 17.7 Å². The van der Waals surface area contributed by atoms with E-state index in [4.69, 9.17) is 21.1 Å². The van der Waals surface area contributed by atoms with Crippen molar-refractivity contribution in [3.05, 3.63) is 52.5 Å². The summed E-state index contributed by atoms with van der Waals surface area (Å²) in [4.78, 5) is 13.7. The van der Waals surface area contributed by atoms with Gasteiger partial charge in [0.05, 0.1) is 26.7 Å². The van der Waals surface area contributed by atoms with Crippen LogP contribution in [0.2, 0.25) is 5.02 Å². The predicted octanol–water partition coefficient (Wildman–Crippen LogP) is 4.25. The van der Waals surface area contributed by atoms with Crippen LogP contribution in [-0.4, -0.2) is 25.9 Å². The average molecular weight is 378 g/mol. The summed E-state index contributed by atoms with van der Waals surface area (Å²) >= 11 is 7.92. The molecule has 2 aromatic rings. The summed E-state index contributed by atoms with van der Waals surface area (Å²) in [5.41, 5.74) is 1.98. The molecule has 0 aromatic heterocycles. The maximum atomic E-state index is 12.5. The molecule has 0 radical (unpaired) electrons. The number of ether oxygens (including phenoxy) is 2. The predicted molar refractivity (Wildman–Crippen MR) is 101 cm³/mol. The smallest absolute Gasteiger partial charge is 0.224 e. The second-order valence-electron chi connectivity index (χ2n) is 5.81. The minimum Gasteiger partial charge on any atom is -0.493 e. The number of hydrogen-bond donors (Lipinski definition) is 1. The Kier molecular flexibility index (Phi) is 5.76. The van der Waals surface area contributed by atoms with Gasteiger partial charge in [0.2, 0.25) is 5.91 Å². The number of halogens is 1. The highest BCUT2D eigenvalue weighted by Crippen LogP contribution is 2.37. The van der Waals surface area contributed by atoms with E-state index in [1.807, 2.05) is 36.4 Å². The third-order valence-corrected chi connectivity index (χ3v) is 5.52. The first-order valence-corrected chi connectivity index (χ1v) is 9.39. The number of methoxy groups -OCH3 is 2. The van der Waals surface area contributed by atoms with Crippen LogP contribution >= 0.6 is 23.4 Å². The molecule has 4 nitrogen and oxygen atoms in total. The highest BCUT2D eigenvalue weighted by molar-refractivity contribution is 7.99. The SMILES string of the molecule is COc1ccc(CC(=O)N[C@H]2CCSc3ccc(Cl)cc32)cc1OC. The van der Waals surface area contributed by atoms with Crippen molar-refractivity contribution in [3.8, 4) is 11.5 Å². The minimum absolute atomic E-state index is 0.00240. The fourth-order valence-electron chi connectivity index (χ4n) is 2.94. The van der Waals surface area contributed by atoms with Crippen LogP contribution in [0, 0.1) is 0 Å². The average Bonchev–Trinajstić information content (AvgIpc) is 2.62. The number of nitrogens with one attached hydrogen (secondary N) is 1. The molecule has 25 heavy (non-hydrogen) atoms. The number of hydrogen-bond acceptors (Lipinski definition) is 4. The lowest BCUT2D eigenvalue weighted by molar-refractivity contribution is -0.121. The van der Waals surface area contributed by atoms with Crippen LogP contribution in [0.5, 0.6) is 11.5 Å². The van der Waals surface area contributed by atoms with Crippen molar-refractivity contribution >= 4 is 29.3 Å². The van der Waals surface area contributed by atoms with Gasteiger partial charge in [0.25, 0.3) is 0 Å². The summed E-state index contributed by atoms with van der Waals surface area (Å²) < 4.78 is 10.5. The summed E-state index contributed by atoms with van der Waals surface area (Å²) in [6, 6.07) is 11.4. The number of benzene rings is 2. The van der Waals surface area contributed by atoms with Gasteiger partial charge in [-0.05, 0) is 47.9 Å². The molecule has 0 saturated heterocycles. The van der Waals surface area contributed by atoms with Crippen molar-refractivity contribution in [2.75, 3.05) is 20.0 Å². The molecule has 132 valence electrons. The van der Waals surface area contributed by atoms with Crippen LogP contribution in [0.15, 0.2) is 41.3 Å². The molecule has 1 aliphatic rings. The highest BCUT2D eigenvalue weighted by Gasteiger charge is 2.22.